The minimum atomic E-state index is 0.629. The summed E-state index contributed by atoms with van der Waals surface area (Å²) in [5, 5.41) is 0. The molecule has 1 aromatic rings. The van der Waals surface area contributed by atoms with Crippen LogP contribution in [0.15, 0.2) is 24.3 Å². The summed E-state index contributed by atoms with van der Waals surface area (Å²) in [6.07, 6.45) is 0. The van der Waals surface area contributed by atoms with Crippen LogP contribution < -0.4 is 0 Å². The van der Waals surface area contributed by atoms with Gasteiger partial charge in [-0.2, -0.15) is 0 Å². The Morgan fingerprint density at radius 2 is 1.67 bits per heavy atom. The van der Waals surface area contributed by atoms with Gasteiger partial charge in [-0.1, -0.05) is 26.0 Å². The van der Waals surface area contributed by atoms with E-state index in [9.17, 15) is 0 Å². The van der Waals surface area contributed by atoms with Gasteiger partial charge in [-0.05, 0) is 60.2 Å². The molecule has 0 bridgehead atoms. The first-order valence-corrected chi connectivity index (χ1v) is 6.53. The topological polar surface area (TPSA) is 3.24 Å². The van der Waals surface area contributed by atoms with Gasteiger partial charge in [0.15, 0.2) is 0 Å². The molecule has 0 aliphatic carbocycles. The summed E-state index contributed by atoms with van der Waals surface area (Å²) in [5.74, 6) is 0.707. The van der Waals surface area contributed by atoms with Crippen LogP contribution in [-0.4, -0.2) is 18.0 Å². The second-order valence-corrected chi connectivity index (χ2v) is 5.77. The number of benzene rings is 1. The third-order valence-electron chi connectivity index (χ3n) is 3.01. The Labute approximate surface area is 107 Å². The Morgan fingerprint density at radius 1 is 1.13 bits per heavy atom. The highest BCUT2D eigenvalue weighted by Gasteiger charge is 2.12. The Bertz CT molecular complexity index is 292. The summed E-state index contributed by atoms with van der Waals surface area (Å²) in [5.41, 5.74) is 1.39. The van der Waals surface area contributed by atoms with Gasteiger partial charge in [0.05, 0.1) is 0 Å². The molecule has 1 nitrogen and oxygen atoms in total. The summed E-state index contributed by atoms with van der Waals surface area (Å²) in [4.78, 5) is 2.41. The molecule has 15 heavy (non-hydrogen) atoms. The fourth-order valence-corrected chi connectivity index (χ4v) is 1.89. The fraction of sp³-hybridized carbons (Fsp3) is 0.538. The average molecular weight is 317 g/mol. The molecular weight excluding hydrogens is 297 g/mol. The normalized spacial score (nSPS) is 13.5. The lowest BCUT2D eigenvalue weighted by molar-refractivity contribution is 0.200. The standard InChI is InChI=1S/C13H20IN/c1-10(2)11(3)15(4)9-12-5-7-13(14)8-6-12/h5-8,10-11H,9H2,1-4H3. The third-order valence-corrected chi connectivity index (χ3v) is 3.72. The summed E-state index contributed by atoms with van der Waals surface area (Å²) in [7, 11) is 2.20. The highest BCUT2D eigenvalue weighted by Crippen LogP contribution is 2.13. The Balaban J connectivity index is 2.58. The SMILES string of the molecule is CC(C)C(C)N(C)Cc1ccc(I)cc1. The molecule has 0 heterocycles. The molecule has 0 saturated heterocycles. The van der Waals surface area contributed by atoms with Crippen LogP contribution in [0.1, 0.15) is 26.3 Å². The highest BCUT2D eigenvalue weighted by atomic mass is 127. The van der Waals surface area contributed by atoms with Gasteiger partial charge in [0.25, 0.3) is 0 Å². The summed E-state index contributed by atoms with van der Waals surface area (Å²) < 4.78 is 1.30. The molecular formula is C13H20IN. The van der Waals surface area contributed by atoms with Crippen LogP contribution >= 0.6 is 22.6 Å². The van der Waals surface area contributed by atoms with Gasteiger partial charge in [0.1, 0.15) is 0 Å². The first-order valence-electron chi connectivity index (χ1n) is 5.45. The third kappa shape index (κ3) is 4.11. The molecule has 0 aliphatic rings. The zero-order valence-electron chi connectivity index (χ0n) is 10.00. The molecule has 0 spiro atoms. The molecule has 1 rings (SSSR count). The molecule has 0 amide bonds. The van der Waals surface area contributed by atoms with Gasteiger partial charge in [-0.3, -0.25) is 4.90 Å². The van der Waals surface area contributed by atoms with Crippen molar-refractivity contribution >= 4 is 22.6 Å². The van der Waals surface area contributed by atoms with Gasteiger partial charge in [-0.25, -0.2) is 0 Å². The summed E-state index contributed by atoms with van der Waals surface area (Å²) >= 11 is 2.34. The van der Waals surface area contributed by atoms with Crippen LogP contribution in [0.25, 0.3) is 0 Å². The van der Waals surface area contributed by atoms with Gasteiger partial charge in [0, 0.05) is 16.2 Å². The average Bonchev–Trinajstić information content (AvgIpc) is 2.20. The monoisotopic (exact) mass is 317 g/mol. The fourth-order valence-electron chi connectivity index (χ4n) is 1.53. The van der Waals surface area contributed by atoms with Crippen molar-refractivity contribution in [3.63, 3.8) is 0 Å². The molecule has 1 atom stereocenters. The van der Waals surface area contributed by atoms with Crippen molar-refractivity contribution < 1.29 is 0 Å². The van der Waals surface area contributed by atoms with Crippen LogP contribution in [0.4, 0.5) is 0 Å². The van der Waals surface area contributed by atoms with Crippen LogP contribution in [0.5, 0.6) is 0 Å². The minimum absolute atomic E-state index is 0.629. The lowest BCUT2D eigenvalue weighted by Gasteiger charge is -2.27. The molecule has 2 heteroatoms. The highest BCUT2D eigenvalue weighted by molar-refractivity contribution is 14.1. The van der Waals surface area contributed by atoms with Crippen molar-refractivity contribution in [3.05, 3.63) is 33.4 Å². The summed E-state index contributed by atoms with van der Waals surface area (Å²) in [6.45, 7) is 7.87. The van der Waals surface area contributed by atoms with Gasteiger partial charge < -0.3 is 0 Å². The van der Waals surface area contributed by atoms with Crippen LogP contribution in [0.3, 0.4) is 0 Å². The molecule has 0 N–H and O–H groups in total. The van der Waals surface area contributed by atoms with Crippen LogP contribution in [0.2, 0.25) is 0 Å². The molecule has 0 radical (unpaired) electrons. The maximum Gasteiger partial charge on any atom is 0.0233 e. The van der Waals surface area contributed by atoms with Crippen LogP contribution in [0, 0.1) is 9.49 Å². The van der Waals surface area contributed by atoms with Crippen molar-refractivity contribution in [2.24, 2.45) is 5.92 Å². The molecule has 0 fully saturated rings. The van der Waals surface area contributed by atoms with E-state index in [1.807, 2.05) is 0 Å². The second-order valence-electron chi connectivity index (χ2n) is 4.53. The predicted molar refractivity (Wildman–Crippen MR) is 74.9 cm³/mol. The van der Waals surface area contributed by atoms with E-state index in [-0.39, 0.29) is 0 Å². The first kappa shape index (κ1) is 13.0. The largest absolute Gasteiger partial charge is 0.299 e. The Hall–Kier alpha value is -0.0900. The van der Waals surface area contributed by atoms with E-state index >= 15 is 0 Å². The number of rotatable bonds is 4. The number of halogens is 1. The van der Waals surface area contributed by atoms with E-state index in [1.165, 1.54) is 9.13 Å². The first-order chi connectivity index (χ1) is 7.00. The number of hydrogen-bond acceptors (Lipinski definition) is 1. The predicted octanol–water partition coefficient (Wildman–Crippen LogP) is 3.77. The smallest absolute Gasteiger partial charge is 0.0233 e. The number of nitrogens with zero attached hydrogens (tertiary/aromatic N) is 1. The zero-order chi connectivity index (χ0) is 11.4. The quantitative estimate of drug-likeness (QED) is 0.764. The minimum Gasteiger partial charge on any atom is -0.299 e. The maximum absolute atomic E-state index is 2.41. The molecule has 1 aromatic carbocycles. The van der Waals surface area contributed by atoms with Crippen molar-refractivity contribution in [1.29, 1.82) is 0 Å². The maximum atomic E-state index is 2.41. The van der Waals surface area contributed by atoms with Gasteiger partial charge >= 0.3 is 0 Å². The van der Waals surface area contributed by atoms with E-state index in [2.05, 4.69) is 79.6 Å². The lowest BCUT2D eigenvalue weighted by atomic mass is 10.0. The van der Waals surface area contributed by atoms with E-state index in [1.54, 1.807) is 0 Å². The van der Waals surface area contributed by atoms with Gasteiger partial charge in [-0.15, -0.1) is 0 Å². The van der Waals surface area contributed by atoms with E-state index in [0.717, 1.165) is 6.54 Å². The molecule has 84 valence electrons. The van der Waals surface area contributed by atoms with E-state index in [4.69, 9.17) is 0 Å². The van der Waals surface area contributed by atoms with Crippen molar-refractivity contribution in [2.75, 3.05) is 7.05 Å². The summed E-state index contributed by atoms with van der Waals surface area (Å²) in [6, 6.07) is 9.40. The molecule has 1 unspecified atom stereocenters. The van der Waals surface area contributed by atoms with Crippen molar-refractivity contribution in [3.8, 4) is 0 Å². The molecule has 0 aromatic heterocycles. The molecule has 0 aliphatic heterocycles. The zero-order valence-corrected chi connectivity index (χ0v) is 12.2. The van der Waals surface area contributed by atoms with Crippen molar-refractivity contribution in [2.45, 2.75) is 33.4 Å². The lowest BCUT2D eigenvalue weighted by Crippen LogP contribution is -2.32. The second kappa shape index (κ2) is 5.85. The molecule has 0 saturated carbocycles. The van der Waals surface area contributed by atoms with Crippen molar-refractivity contribution in [1.82, 2.24) is 4.90 Å². The van der Waals surface area contributed by atoms with E-state index < -0.39 is 0 Å². The van der Waals surface area contributed by atoms with Gasteiger partial charge in [0.2, 0.25) is 0 Å². The van der Waals surface area contributed by atoms with E-state index in [0.29, 0.717) is 12.0 Å². The Kier molecular flexibility index (Phi) is 5.06. The Morgan fingerprint density at radius 3 is 2.13 bits per heavy atom. The number of hydrogen-bond donors (Lipinski definition) is 0. The van der Waals surface area contributed by atoms with Crippen LogP contribution in [-0.2, 0) is 6.54 Å².